The van der Waals surface area contributed by atoms with E-state index in [-0.39, 0.29) is 31.2 Å². The number of allylic oxidation sites excluding steroid dienone is 1. The molecule has 1 unspecified atom stereocenters. The number of hydrogen-bond donors (Lipinski definition) is 4. The maximum absolute atomic E-state index is 14.8. The number of benzene rings is 1. The number of amides is 4. The molecule has 2 saturated carbocycles. The van der Waals surface area contributed by atoms with Crippen LogP contribution in [0, 0.1) is 17.8 Å². The Morgan fingerprint density at radius 3 is 2.54 bits per heavy atom. The molecule has 1 aromatic heterocycles. The molecule has 16 nitrogen and oxygen atoms in total. The summed E-state index contributed by atoms with van der Waals surface area (Å²) < 4.78 is 45.4. The second-order valence-electron chi connectivity index (χ2n) is 16.7. The van der Waals surface area contributed by atoms with Crippen LogP contribution in [0.1, 0.15) is 89.5 Å². The summed E-state index contributed by atoms with van der Waals surface area (Å²) >= 11 is 0. The predicted molar refractivity (Wildman–Crippen MR) is 218 cm³/mol. The number of rotatable bonds is 10. The van der Waals surface area contributed by atoms with Gasteiger partial charge in [0.15, 0.2) is 6.23 Å². The highest BCUT2D eigenvalue weighted by Crippen LogP contribution is 2.48. The number of hydrogen-bond acceptors (Lipinski definition) is 11. The summed E-state index contributed by atoms with van der Waals surface area (Å²) in [6.07, 6.45) is 9.77. The molecule has 1 saturated heterocycles. The van der Waals surface area contributed by atoms with E-state index in [0.29, 0.717) is 49.4 Å². The minimum absolute atomic E-state index is 0.000458. The van der Waals surface area contributed by atoms with Crippen molar-refractivity contribution >= 4 is 45.6 Å². The van der Waals surface area contributed by atoms with Gasteiger partial charge >= 0.3 is 6.09 Å². The number of aromatic nitrogens is 1. The normalized spacial score (nSPS) is 30.1. The van der Waals surface area contributed by atoms with Crippen molar-refractivity contribution in [3.8, 4) is 11.6 Å². The van der Waals surface area contributed by atoms with Crippen LogP contribution in [0.2, 0.25) is 0 Å². The fourth-order valence-electron chi connectivity index (χ4n) is 8.59. The lowest BCUT2D eigenvalue weighted by molar-refractivity contribution is -0.142. The average molecular weight is 835 g/mol. The molecule has 7 rings (SSSR count). The number of carbonyl (C=O) groups excluding carboxylic acids is 3. The molecular weight excluding hydrogens is 781 g/mol. The van der Waals surface area contributed by atoms with Crippen molar-refractivity contribution in [2.24, 2.45) is 17.8 Å². The lowest BCUT2D eigenvalue weighted by Crippen LogP contribution is -2.59. The number of carboxylic acid groups (broad SMARTS) is 1. The van der Waals surface area contributed by atoms with E-state index in [1.54, 1.807) is 26.3 Å². The summed E-state index contributed by atoms with van der Waals surface area (Å²) in [5.74, 6) is -1.75. The van der Waals surface area contributed by atoms with Gasteiger partial charge in [-0.2, -0.15) is 0 Å². The van der Waals surface area contributed by atoms with Crippen LogP contribution in [0.25, 0.3) is 6.08 Å². The molecule has 318 valence electrons. The number of ether oxygens (including phenoxy) is 3. The van der Waals surface area contributed by atoms with Gasteiger partial charge in [-0.05, 0) is 87.1 Å². The molecule has 3 fully saturated rings. The highest BCUT2D eigenvalue weighted by Gasteiger charge is 2.63. The zero-order valence-electron chi connectivity index (χ0n) is 34.1. The lowest BCUT2D eigenvalue weighted by Gasteiger charge is -2.36. The van der Waals surface area contributed by atoms with Crippen LogP contribution < -0.4 is 29.7 Å². The summed E-state index contributed by atoms with van der Waals surface area (Å²) in [5, 5.41) is 15.4. The van der Waals surface area contributed by atoms with Gasteiger partial charge < -0.3 is 39.8 Å². The van der Waals surface area contributed by atoms with Gasteiger partial charge in [0.1, 0.15) is 23.4 Å². The van der Waals surface area contributed by atoms with Crippen molar-refractivity contribution in [1.82, 2.24) is 25.2 Å². The summed E-state index contributed by atoms with van der Waals surface area (Å²) in [5.41, 5.74) is 0.718. The summed E-state index contributed by atoms with van der Waals surface area (Å²) in [6, 6.07) is 6.78. The van der Waals surface area contributed by atoms with Crippen molar-refractivity contribution in [3.63, 3.8) is 0 Å². The third-order valence-electron chi connectivity index (χ3n) is 12.7. The van der Waals surface area contributed by atoms with E-state index in [1.165, 1.54) is 12.0 Å². The van der Waals surface area contributed by atoms with Crippen LogP contribution in [-0.2, 0) is 29.1 Å². The van der Waals surface area contributed by atoms with Crippen molar-refractivity contribution in [1.29, 1.82) is 0 Å². The maximum Gasteiger partial charge on any atom is 0.405 e. The number of anilines is 1. The standard InChI is InChI=1S/C42H54N6O10S/c1-6-26-19-25(2)9-7-8-10-28-22-42(28,39(51)46-59(54,55)41(3)16-17-41)45-36(49)33-21-31(24-48(33)37(50)35(26)44-40(52)53)58-38-32-13-12-30(56-4)20-27(32)15-18-47(38)29-11-14-34(57-5)43-23-29/h8,10-15,18,20,23,25-26,28,31,33,35,38,44H,6-7,9,16-17,19,21-22,24H2,1-5H3,(H,45,49)(H,46,51)(H,52,53)/t25-,26-,28-,31-,33+,35+,38?,42-/m1/s1. The largest absolute Gasteiger partial charge is 0.497 e. The molecule has 5 aliphatic rings. The molecule has 4 amide bonds. The van der Waals surface area contributed by atoms with Crippen LogP contribution in [0.5, 0.6) is 11.6 Å². The van der Waals surface area contributed by atoms with Crippen LogP contribution in [-0.4, -0.2) is 96.5 Å². The van der Waals surface area contributed by atoms with E-state index in [1.807, 2.05) is 60.5 Å². The SMILES string of the molecule is CC[C@@H]1C[C@H](C)CCC=C[C@@H]2C[C@@]2(C(=O)NS(=O)(=O)C2(C)CC2)NC(=O)[C@@H]2C[C@@H](OC3c4ccc(OC)cc4C=CN3c3ccc(OC)nc3)CN2C(=O)[C@H]1NC(=O)O. The van der Waals surface area contributed by atoms with Crippen molar-refractivity contribution < 1.29 is 46.9 Å². The Morgan fingerprint density at radius 1 is 1.10 bits per heavy atom. The first-order valence-electron chi connectivity index (χ1n) is 20.3. The molecule has 3 aliphatic heterocycles. The number of carbonyl (C=O) groups is 4. The van der Waals surface area contributed by atoms with Crippen molar-refractivity contribution in [2.45, 2.75) is 107 Å². The summed E-state index contributed by atoms with van der Waals surface area (Å²) in [7, 11) is -0.926. The number of nitrogens with one attached hydrogen (secondary N) is 3. The molecule has 8 atom stereocenters. The number of pyridine rings is 1. The Balaban J connectivity index is 1.25. The smallest absolute Gasteiger partial charge is 0.405 e. The van der Waals surface area contributed by atoms with Crippen molar-refractivity contribution in [3.05, 3.63) is 66.0 Å². The van der Waals surface area contributed by atoms with Gasteiger partial charge in [0.25, 0.3) is 5.91 Å². The minimum Gasteiger partial charge on any atom is -0.497 e. The Kier molecular flexibility index (Phi) is 11.7. The molecule has 2 aliphatic carbocycles. The fourth-order valence-corrected chi connectivity index (χ4v) is 9.90. The van der Waals surface area contributed by atoms with Gasteiger partial charge in [0.05, 0.1) is 37.0 Å². The molecule has 4 heterocycles. The molecule has 0 radical (unpaired) electrons. The second kappa shape index (κ2) is 16.5. The fraction of sp³-hybridized carbons (Fsp3) is 0.548. The molecule has 0 bridgehead atoms. The number of nitrogens with zero attached hydrogens (tertiary/aromatic N) is 3. The third kappa shape index (κ3) is 8.49. The first kappa shape index (κ1) is 42.0. The summed E-state index contributed by atoms with van der Waals surface area (Å²) in [4.78, 5) is 63.4. The Bertz CT molecular complexity index is 2120. The molecule has 1 aromatic carbocycles. The first-order valence-corrected chi connectivity index (χ1v) is 21.8. The van der Waals surface area contributed by atoms with Crippen molar-refractivity contribution in [2.75, 3.05) is 25.7 Å². The molecule has 17 heteroatoms. The third-order valence-corrected chi connectivity index (χ3v) is 14.8. The highest BCUT2D eigenvalue weighted by molar-refractivity contribution is 7.91. The van der Waals surface area contributed by atoms with Crippen LogP contribution in [0.4, 0.5) is 10.5 Å². The molecule has 4 N–H and O–H groups in total. The quantitative estimate of drug-likeness (QED) is 0.245. The minimum atomic E-state index is -4.03. The van der Waals surface area contributed by atoms with Crippen LogP contribution in [0.15, 0.2) is 54.9 Å². The number of methoxy groups -OCH3 is 2. The van der Waals surface area contributed by atoms with E-state index in [0.717, 1.165) is 17.5 Å². The van der Waals surface area contributed by atoms with E-state index in [2.05, 4.69) is 27.3 Å². The average Bonchev–Trinajstić information content (AvgIpc) is 4.10. The zero-order valence-corrected chi connectivity index (χ0v) is 34.9. The predicted octanol–water partition coefficient (Wildman–Crippen LogP) is 4.49. The Hall–Kier alpha value is -5.16. The zero-order chi connectivity index (χ0) is 42.3. The van der Waals surface area contributed by atoms with Gasteiger partial charge in [-0.15, -0.1) is 0 Å². The number of sulfonamides is 1. The highest BCUT2D eigenvalue weighted by atomic mass is 32.2. The topological polar surface area (TPSA) is 206 Å². The Labute approximate surface area is 344 Å². The molecule has 59 heavy (non-hydrogen) atoms. The number of fused-ring (bicyclic) bond motifs is 3. The molecule has 0 spiro atoms. The van der Waals surface area contributed by atoms with Gasteiger partial charge in [-0.3, -0.25) is 19.1 Å². The maximum atomic E-state index is 14.8. The van der Waals surface area contributed by atoms with Gasteiger partial charge in [-0.1, -0.05) is 38.5 Å². The first-order chi connectivity index (χ1) is 28.1. The molecule has 2 aromatic rings. The summed E-state index contributed by atoms with van der Waals surface area (Å²) in [6.45, 7) is 5.47. The van der Waals surface area contributed by atoms with E-state index in [9.17, 15) is 32.7 Å². The van der Waals surface area contributed by atoms with Crippen LogP contribution >= 0.6 is 0 Å². The van der Waals surface area contributed by atoms with E-state index < -0.39 is 74.5 Å². The Morgan fingerprint density at radius 2 is 1.88 bits per heavy atom. The van der Waals surface area contributed by atoms with Crippen LogP contribution in [0.3, 0.4) is 0 Å². The van der Waals surface area contributed by atoms with Gasteiger partial charge in [0, 0.05) is 36.7 Å². The van der Waals surface area contributed by atoms with E-state index >= 15 is 0 Å². The van der Waals surface area contributed by atoms with Gasteiger partial charge in [0.2, 0.25) is 27.7 Å². The van der Waals surface area contributed by atoms with E-state index in [4.69, 9.17) is 14.2 Å². The monoisotopic (exact) mass is 834 g/mol. The lowest BCUT2D eigenvalue weighted by atomic mass is 9.85. The molecular formula is C42H54N6O10S. The second-order valence-corrected chi connectivity index (χ2v) is 18.9. The van der Waals surface area contributed by atoms with Gasteiger partial charge in [-0.25, -0.2) is 18.2 Å².